The predicted octanol–water partition coefficient (Wildman–Crippen LogP) is 1.68. The Kier molecular flexibility index (Phi) is 3.60. The smallest absolute Gasteiger partial charge is 0.218 e. The van der Waals surface area contributed by atoms with E-state index in [1.165, 1.54) is 24.6 Å². The lowest BCUT2D eigenvalue weighted by Crippen LogP contribution is -1.97. The van der Waals surface area contributed by atoms with Crippen molar-refractivity contribution in [2.75, 3.05) is 6.26 Å². The van der Waals surface area contributed by atoms with Crippen LogP contribution < -0.4 is 0 Å². The molecule has 0 saturated heterocycles. The zero-order valence-corrected chi connectivity index (χ0v) is 12.3. The first-order valence-corrected chi connectivity index (χ1v) is 7.84. The predicted molar refractivity (Wildman–Crippen MR) is 80.7 cm³/mol. The number of phenols is 2. The number of hydrogen-bond donors (Lipinski definition) is 3. The zero-order valence-electron chi connectivity index (χ0n) is 11.5. The maximum absolute atomic E-state index is 11.5. The molecule has 3 aromatic rings. The highest BCUT2D eigenvalue weighted by Gasteiger charge is 2.14. The molecule has 8 heteroatoms. The number of benzene rings is 1. The number of nitrogens with one attached hydrogen (secondary N) is 1. The fourth-order valence-corrected chi connectivity index (χ4v) is 2.44. The van der Waals surface area contributed by atoms with Gasteiger partial charge in [-0.15, -0.1) is 0 Å². The summed E-state index contributed by atoms with van der Waals surface area (Å²) < 4.78 is 11.5. The van der Waals surface area contributed by atoms with Gasteiger partial charge < -0.3 is 10.2 Å². The van der Waals surface area contributed by atoms with Crippen molar-refractivity contribution in [3.05, 3.63) is 36.7 Å². The largest absolute Gasteiger partial charge is 0.504 e. The minimum atomic E-state index is -1.28. The summed E-state index contributed by atoms with van der Waals surface area (Å²) in [6.45, 7) is 0. The Morgan fingerprint density at radius 1 is 1.18 bits per heavy atom. The first-order valence-electron chi connectivity index (χ1n) is 6.29. The maximum Gasteiger partial charge on any atom is 0.218 e. The lowest BCUT2D eigenvalue weighted by atomic mass is 10.1. The van der Waals surface area contributed by atoms with Gasteiger partial charge >= 0.3 is 0 Å². The van der Waals surface area contributed by atoms with Crippen LogP contribution in [0.1, 0.15) is 0 Å². The van der Waals surface area contributed by atoms with Gasteiger partial charge in [0, 0.05) is 23.6 Å². The van der Waals surface area contributed by atoms with Crippen molar-refractivity contribution in [3.63, 3.8) is 0 Å². The second-order valence-corrected chi connectivity index (χ2v) is 5.81. The van der Waals surface area contributed by atoms with Gasteiger partial charge in [0.15, 0.2) is 11.5 Å². The van der Waals surface area contributed by atoms with Gasteiger partial charge in [0.2, 0.25) is 5.16 Å². The summed E-state index contributed by atoms with van der Waals surface area (Å²) in [6, 6.07) is 6.14. The molecule has 0 radical (unpaired) electrons. The van der Waals surface area contributed by atoms with Crippen molar-refractivity contribution in [1.82, 2.24) is 20.2 Å². The fraction of sp³-hybridized carbons (Fsp3) is 0.0714. The average Bonchev–Trinajstić information content (AvgIpc) is 2.99. The third-order valence-corrected chi connectivity index (χ3v) is 3.78. The van der Waals surface area contributed by atoms with E-state index in [1.54, 1.807) is 18.3 Å². The van der Waals surface area contributed by atoms with Gasteiger partial charge in [0.1, 0.15) is 0 Å². The Balaban J connectivity index is 2.11. The van der Waals surface area contributed by atoms with E-state index in [2.05, 4.69) is 20.2 Å². The monoisotopic (exact) mass is 316 g/mol. The van der Waals surface area contributed by atoms with Crippen LogP contribution in [-0.4, -0.2) is 40.8 Å². The highest BCUT2D eigenvalue weighted by molar-refractivity contribution is 7.84. The normalized spacial score (nSPS) is 12.2. The summed E-state index contributed by atoms with van der Waals surface area (Å²) in [7, 11) is -1.28. The number of aromatic amines is 1. The van der Waals surface area contributed by atoms with Crippen LogP contribution in [0.5, 0.6) is 11.5 Å². The van der Waals surface area contributed by atoms with E-state index >= 15 is 0 Å². The maximum atomic E-state index is 11.5. The SMILES string of the molecule is CS(=O)c1nccc(-c2cn[nH]c2-c2ccc(O)c(O)c2)n1. The number of aromatic nitrogens is 4. The Bertz CT molecular complexity index is 863. The standard InChI is InChI=1S/C14H12N4O3S/c1-22(21)14-15-5-4-10(17-14)9-7-16-18-13(9)8-2-3-11(19)12(20)6-8/h2-7,19-20H,1H3,(H,16,18). The second-order valence-electron chi connectivity index (χ2n) is 4.54. The van der Waals surface area contributed by atoms with Gasteiger partial charge in [-0.2, -0.15) is 5.10 Å². The summed E-state index contributed by atoms with van der Waals surface area (Å²) in [5, 5.41) is 26.1. The molecule has 0 aliphatic heterocycles. The summed E-state index contributed by atoms with van der Waals surface area (Å²) >= 11 is 0. The Morgan fingerprint density at radius 2 is 2.00 bits per heavy atom. The number of aromatic hydroxyl groups is 2. The van der Waals surface area contributed by atoms with Crippen LogP contribution in [0.2, 0.25) is 0 Å². The van der Waals surface area contributed by atoms with Gasteiger partial charge in [0.05, 0.1) is 28.4 Å². The molecule has 1 aromatic carbocycles. The van der Waals surface area contributed by atoms with Gasteiger partial charge in [-0.3, -0.25) is 9.31 Å². The first kappa shape index (κ1) is 14.2. The highest BCUT2D eigenvalue weighted by atomic mass is 32.2. The van der Waals surface area contributed by atoms with E-state index in [-0.39, 0.29) is 16.7 Å². The molecule has 22 heavy (non-hydrogen) atoms. The number of hydrogen-bond acceptors (Lipinski definition) is 6. The van der Waals surface area contributed by atoms with Crippen molar-refractivity contribution < 1.29 is 14.4 Å². The number of nitrogens with zero attached hydrogens (tertiary/aromatic N) is 3. The number of phenolic OH excluding ortho intramolecular Hbond substituents is 2. The lowest BCUT2D eigenvalue weighted by molar-refractivity contribution is 0.404. The molecule has 1 atom stereocenters. The van der Waals surface area contributed by atoms with Crippen molar-refractivity contribution in [1.29, 1.82) is 0 Å². The average molecular weight is 316 g/mol. The molecule has 0 saturated carbocycles. The van der Waals surface area contributed by atoms with Gasteiger partial charge in [-0.1, -0.05) is 0 Å². The Labute approximate surface area is 128 Å². The molecule has 112 valence electrons. The van der Waals surface area contributed by atoms with Crippen LogP contribution in [0.4, 0.5) is 0 Å². The van der Waals surface area contributed by atoms with Crippen molar-refractivity contribution in [2.45, 2.75) is 5.16 Å². The molecule has 0 spiro atoms. The Hall–Kier alpha value is -2.74. The Morgan fingerprint density at radius 3 is 2.73 bits per heavy atom. The van der Waals surface area contributed by atoms with Crippen molar-refractivity contribution in [2.24, 2.45) is 0 Å². The van der Waals surface area contributed by atoms with Crippen LogP contribution in [-0.2, 0) is 10.8 Å². The summed E-state index contributed by atoms with van der Waals surface area (Å²) in [5.74, 6) is -0.424. The zero-order chi connectivity index (χ0) is 15.7. The summed E-state index contributed by atoms with van der Waals surface area (Å²) in [5.41, 5.74) is 2.51. The molecule has 0 bridgehead atoms. The molecule has 0 aliphatic carbocycles. The fourth-order valence-electron chi connectivity index (χ4n) is 2.01. The van der Waals surface area contributed by atoms with Crippen LogP contribution in [0.3, 0.4) is 0 Å². The van der Waals surface area contributed by atoms with Gasteiger partial charge in [0.25, 0.3) is 0 Å². The van der Waals surface area contributed by atoms with Crippen LogP contribution in [0, 0.1) is 0 Å². The van der Waals surface area contributed by atoms with E-state index in [9.17, 15) is 14.4 Å². The molecule has 0 amide bonds. The first-order chi connectivity index (χ1) is 10.6. The second kappa shape index (κ2) is 5.57. The number of H-pyrrole nitrogens is 1. The van der Waals surface area contributed by atoms with E-state index in [0.29, 0.717) is 22.5 Å². The molecule has 3 N–H and O–H groups in total. The molecule has 2 heterocycles. The third-order valence-electron chi connectivity index (χ3n) is 3.07. The molecule has 0 aliphatic rings. The molecular weight excluding hydrogens is 304 g/mol. The molecule has 1 unspecified atom stereocenters. The van der Waals surface area contributed by atoms with E-state index in [4.69, 9.17) is 0 Å². The van der Waals surface area contributed by atoms with Crippen LogP contribution in [0.25, 0.3) is 22.5 Å². The molecule has 0 fully saturated rings. The van der Waals surface area contributed by atoms with Gasteiger partial charge in [-0.05, 0) is 24.3 Å². The molecule has 2 aromatic heterocycles. The van der Waals surface area contributed by atoms with Crippen molar-refractivity contribution >= 4 is 10.8 Å². The molecule has 7 nitrogen and oxygen atoms in total. The summed E-state index contributed by atoms with van der Waals surface area (Å²) in [6.07, 6.45) is 4.63. The quantitative estimate of drug-likeness (QED) is 0.500. The number of rotatable bonds is 3. The third kappa shape index (κ3) is 2.56. The van der Waals surface area contributed by atoms with Gasteiger partial charge in [-0.25, -0.2) is 9.97 Å². The summed E-state index contributed by atoms with van der Waals surface area (Å²) in [4.78, 5) is 8.22. The minimum Gasteiger partial charge on any atom is -0.504 e. The minimum absolute atomic E-state index is 0.199. The lowest BCUT2D eigenvalue weighted by Gasteiger charge is -2.05. The van der Waals surface area contributed by atoms with E-state index < -0.39 is 10.8 Å². The topological polar surface area (TPSA) is 112 Å². The van der Waals surface area contributed by atoms with Crippen LogP contribution >= 0.6 is 0 Å². The van der Waals surface area contributed by atoms with Crippen LogP contribution in [0.15, 0.2) is 41.8 Å². The molecular formula is C14H12N4O3S. The van der Waals surface area contributed by atoms with E-state index in [0.717, 1.165) is 0 Å². The van der Waals surface area contributed by atoms with E-state index in [1.807, 2.05) is 0 Å². The molecule has 3 rings (SSSR count). The van der Waals surface area contributed by atoms with Crippen molar-refractivity contribution in [3.8, 4) is 34.0 Å². The highest BCUT2D eigenvalue weighted by Crippen LogP contribution is 2.34.